The van der Waals surface area contributed by atoms with Crippen molar-refractivity contribution in [1.29, 1.82) is 0 Å². The minimum Gasteiger partial charge on any atom is -0.361 e. The SMILES string of the molecule is CC(=O)C1=NN(c2ccc(C)cc2)[C@H](c2c[nH]c3ccccc23)N1C1CCCCC1. The lowest BCUT2D eigenvalue weighted by Crippen LogP contribution is -2.45. The molecule has 2 aromatic carbocycles. The Morgan fingerprint density at radius 1 is 1.03 bits per heavy atom. The molecule has 3 aromatic rings. The zero-order valence-electron chi connectivity index (χ0n) is 17.6. The molecule has 30 heavy (non-hydrogen) atoms. The fourth-order valence-electron chi connectivity index (χ4n) is 4.91. The van der Waals surface area contributed by atoms with Crippen LogP contribution in [0.2, 0.25) is 0 Å². The zero-order chi connectivity index (χ0) is 20.7. The Bertz CT molecular complexity index is 1090. The van der Waals surface area contributed by atoms with Crippen molar-refractivity contribution in [2.24, 2.45) is 5.10 Å². The van der Waals surface area contributed by atoms with Crippen LogP contribution in [-0.2, 0) is 4.79 Å². The summed E-state index contributed by atoms with van der Waals surface area (Å²) in [5.74, 6) is 0.609. The Balaban J connectivity index is 1.67. The third kappa shape index (κ3) is 3.18. The van der Waals surface area contributed by atoms with Gasteiger partial charge in [0, 0.05) is 35.6 Å². The minimum atomic E-state index is -0.133. The van der Waals surface area contributed by atoms with Gasteiger partial charge in [-0.05, 0) is 38.0 Å². The van der Waals surface area contributed by atoms with E-state index in [9.17, 15) is 4.79 Å². The summed E-state index contributed by atoms with van der Waals surface area (Å²) >= 11 is 0. The Hall–Kier alpha value is -3.08. The van der Waals surface area contributed by atoms with E-state index in [2.05, 4.69) is 65.5 Å². The van der Waals surface area contributed by atoms with Crippen LogP contribution in [0.15, 0.2) is 59.8 Å². The molecule has 0 amide bonds. The molecular formula is C25H28N4O. The van der Waals surface area contributed by atoms with Gasteiger partial charge in [-0.25, -0.2) is 5.01 Å². The number of para-hydroxylation sites is 1. The Morgan fingerprint density at radius 3 is 2.50 bits per heavy atom. The molecule has 0 unspecified atom stereocenters. The Labute approximate surface area is 177 Å². The van der Waals surface area contributed by atoms with Gasteiger partial charge in [0.2, 0.25) is 0 Å². The highest BCUT2D eigenvalue weighted by Gasteiger charge is 2.42. The van der Waals surface area contributed by atoms with Crippen molar-refractivity contribution in [3.8, 4) is 0 Å². The number of hydrogen-bond acceptors (Lipinski definition) is 4. The highest BCUT2D eigenvalue weighted by atomic mass is 16.1. The zero-order valence-corrected chi connectivity index (χ0v) is 17.6. The maximum atomic E-state index is 12.7. The number of nitrogens with one attached hydrogen (secondary N) is 1. The molecule has 5 heteroatoms. The Kier molecular flexibility index (Phi) is 4.81. The molecule has 0 bridgehead atoms. The van der Waals surface area contributed by atoms with E-state index in [0.29, 0.717) is 11.9 Å². The van der Waals surface area contributed by atoms with Crippen molar-refractivity contribution in [2.75, 3.05) is 5.01 Å². The summed E-state index contributed by atoms with van der Waals surface area (Å²) in [6, 6.07) is 17.1. The van der Waals surface area contributed by atoms with E-state index in [0.717, 1.165) is 29.6 Å². The first kappa shape index (κ1) is 18.9. The molecule has 0 spiro atoms. The first-order valence-electron chi connectivity index (χ1n) is 10.9. The van der Waals surface area contributed by atoms with E-state index < -0.39 is 0 Å². The van der Waals surface area contributed by atoms with Crippen molar-refractivity contribution in [2.45, 2.75) is 58.2 Å². The quantitative estimate of drug-likeness (QED) is 0.626. The molecule has 0 saturated heterocycles. The molecule has 2 aliphatic rings. The molecule has 1 saturated carbocycles. The van der Waals surface area contributed by atoms with Gasteiger partial charge in [-0.2, -0.15) is 0 Å². The lowest BCUT2D eigenvalue weighted by molar-refractivity contribution is -0.111. The van der Waals surface area contributed by atoms with Crippen molar-refractivity contribution < 1.29 is 4.79 Å². The molecule has 1 N–H and O–H groups in total. The minimum absolute atomic E-state index is 0.0278. The van der Waals surface area contributed by atoms with Gasteiger partial charge in [0.1, 0.15) is 0 Å². The monoisotopic (exact) mass is 400 g/mol. The second kappa shape index (κ2) is 7.63. The average molecular weight is 401 g/mol. The van der Waals surface area contributed by atoms with Gasteiger partial charge in [0.25, 0.3) is 0 Å². The number of H-pyrrole nitrogens is 1. The molecule has 5 nitrogen and oxygen atoms in total. The summed E-state index contributed by atoms with van der Waals surface area (Å²) in [5, 5.41) is 8.12. The maximum Gasteiger partial charge on any atom is 0.196 e. The number of benzene rings is 2. The molecule has 2 heterocycles. The number of carbonyl (C=O) groups excluding carboxylic acids is 1. The number of ketones is 1. The van der Waals surface area contributed by atoms with Crippen LogP contribution in [0.25, 0.3) is 10.9 Å². The van der Waals surface area contributed by atoms with Gasteiger partial charge in [-0.15, -0.1) is 5.10 Å². The van der Waals surface area contributed by atoms with E-state index >= 15 is 0 Å². The summed E-state index contributed by atoms with van der Waals surface area (Å²) in [6.45, 7) is 3.73. The van der Waals surface area contributed by atoms with Gasteiger partial charge in [0.15, 0.2) is 17.8 Å². The molecule has 1 fully saturated rings. The third-order valence-corrected chi connectivity index (χ3v) is 6.42. The summed E-state index contributed by atoms with van der Waals surface area (Å²) in [4.78, 5) is 18.4. The molecule has 1 atom stereocenters. The summed E-state index contributed by atoms with van der Waals surface area (Å²) in [6.07, 6.45) is 7.85. The normalized spacial score (nSPS) is 20.1. The number of aromatic nitrogens is 1. The lowest BCUT2D eigenvalue weighted by atomic mass is 9.92. The number of carbonyl (C=O) groups is 1. The number of rotatable bonds is 4. The van der Waals surface area contributed by atoms with Crippen LogP contribution in [0.4, 0.5) is 5.69 Å². The predicted octanol–water partition coefficient (Wildman–Crippen LogP) is 5.53. The molecule has 5 rings (SSSR count). The number of aryl methyl sites for hydroxylation is 1. The van der Waals surface area contributed by atoms with Crippen molar-refractivity contribution in [3.63, 3.8) is 0 Å². The van der Waals surface area contributed by atoms with Gasteiger partial charge in [-0.3, -0.25) is 4.79 Å². The van der Waals surface area contributed by atoms with Crippen molar-refractivity contribution in [3.05, 3.63) is 65.9 Å². The smallest absolute Gasteiger partial charge is 0.196 e. The molecule has 1 aromatic heterocycles. The van der Waals surface area contributed by atoms with Crippen LogP contribution in [-0.4, -0.2) is 27.5 Å². The van der Waals surface area contributed by atoms with Gasteiger partial charge in [-0.1, -0.05) is 55.2 Å². The van der Waals surface area contributed by atoms with Crippen LogP contribution in [0.3, 0.4) is 0 Å². The lowest BCUT2D eigenvalue weighted by Gasteiger charge is -2.39. The van der Waals surface area contributed by atoms with Crippen LogP contribution in [0.1, 0.15) is 56.3 Å². The van der Waals surface area contributed by atoms with Crippen LogP contribution in [0, 0.1) is 6.92 Å². The predicted molar refractivity (Wildman–Crippen MR) is 122 cm³/mol. The van der Waals surface area contributed by atoms with E-state index in [1.165, 1.54) is 30.2 Å². The Morgan fingerprint density at radius 2 is 1.77 bits per heavy atom. The highest BCUT2D eigenvalue weighted by molar-refractivity contribution is 6.38. The van der Waals surface area contributed by atoms with E-state index in [-0.39, 0.29) is 11.9 Å². The first-order chi connectivity index (χ1) is 14.6. The van der Waals surface area contributed by atoms with Crippen molar-refractivity contribution >= 4 is 28.2 Å². The van der Waals surface area contributed by atoms with Gasteiger partial charge < -0.3 is 9.88 Å². The molecule has 1 aliphatic heterocycles. The highest BCUT2D eigenvalue weighted by Crippen LogP contribution is 2.42. The topological polar surface area (TPSA) is 51.7 Å². The van der Waals surface area contributed by atoms with E-state index in [4.69, 9.17) is 5.10 Å². The average Bonchev–Trinajstić information content (AvgIpc) is 3.36. The van der Waals surface area contributed by atoms with E-state index in [1.807, 2.05) is 11.1 Å². The summed E-state index contributed by atoms with van der Waals surface area (Å²) in [5.41, 5.74) is 4.49. The molecule has 1 aliphatic carbocycles. The van der Waals surface area contributed by atoms with E-state index in [1.54, 1.807) is 6.92 Å². The standard InChI is InChI=1S/C25H28N4O/c1-17-12-14-20(15-13-17)29-25(22-16-26-23-11-7-6-10-21(22)23)28(24(27-29)18(2)30)19-8-4-3-5-9-19/h6-7,10-16,19,25-26H,3-5,8-9H2,1-2H3/t25-/m1/s1. The summed E-state index contributed by atoms with van der Waals surface area (Å²) in [7, 11) is 0. The third-order valence-electron chi connectivity index (χ3n) is 6.42. The molecule has 154 valence electrons. The maximum absolute atomic E-state index is 12.7. The van der Waals surface area contributed by atoms with Crippen LogP contribution in [0.5, 0.6) is 0 Å². The number of fused-ring (bicyclic) bond motifs is 1. The second-order valence-corrected chi connectivity index (χ2v) is 8.52. The largest absolute Gasteiger partial charge is 0.361 e. The number of Topliss-reactive ketones (excluding diaryl/α,β-unsaturated/α-hetero) is 1. The number of anilines is 1. The van der Waals surface area contributed by atoms with Gasteiger partial charge >= 0.3 is 0 Å². The number of nitrogens with zero attached hydrogens (tertiary/aromatic N) is 3. The number of hydrazone groups is 1. The van der Waals surface area contributed by atoms with Gasteiger partial charge in [0.05, 0.1) is 5.69 Å². The van der Waals surface area contributed by atoms with Crippen molar-refractivity contribution in [1.82, 2.24) is 9.88 Å². The number of amidine groups is 1. The fourth-order valence-corrected chi connectivity index (χ4v) is 4.91. The molecule has 0 radical (unpaired) electrons. The second-order valence-electron chi connectivity index (χ2n) is 8.52. The fraction of sp³-hybridized carbons (Fsp3) is 0.360. The number of aromatic amines is 1. The summed E-state index contributed by atoms with van der Waals surface area (Å²) < 4.78 is 0. The first-order valence-corrected chi connectivity index (χ1v) is 10.9. The van der Waals surface area contributed by atoms with Crippen LogP contribution < -0.4 is 5.01 Å². The van der Waals surface area contributed by atoms with Crippen LogP contribution >= 0.6 is 0 Å². The number of hydrogen-bond donors (Lipinski definition) is 1. The molecular weight excluding hydrogens is 372 g/mol.